The normalized spacial score (nSPS) is 11.5. The number of hydrogen-bond acceptors (Lipinski definition) is 4. The molecule has 1 unspecified atom stereocenters. The van der Waals surface area contributed by atoms with Crippen LogP contribution in [0.4, 0.5) is 0 Å². The van der Waals surface area contributed by atoms with Crippen LogP contribution in [0.3, 0.4) is 0 Å². The van der Waals surface area contributed by atoms with Crippen molar-refractivity contribution in [1.29, 1.82) is 5.26 Å². The fourth-order valence-corrected chi connectivity index (χ4v) is 2.77. The molecule has 2 aromatic carbocycles. The van der Waals surface area contributed by atoms with Crippen molar-refractivity contribution in [3.63, 3.8) is 0 Å². The van der Waals surface area contributed by atoms with Crippen molar-refractivity contribution in [3.05, 3.63) is 53.1 Å². The lowest BCUT2D eigenvalue weighted by atomic mass is 9.91. The van der Waals surface area contributed by atoms with Gasteiger partial charge in [0.05, 0.1) is 33.3 Å². The van der Waals surface area contributed by atoms with Gasteiger partial charge < -0.3 is 14.2 Å². The van der Waals surface area contributed by atoms with Gasteiger partial charge in [0, 0.05) is 0 Å². The highest BCUT2D eigenvalue weighted by molar-refractivity contribution is 5.45. The summed E-state index contributed by atoms with van der Waals surface area (Å²) < 4.78 is 16.0. The maximum atomic E-state index is 9.62. The molecule has 0 aliphatic carbocycles. The van der Waals surface area contributed by atoms with E-state index < -0.39 is 0 Å². The van der Waals surface area contributed by atoms with Crippen LogP contribution in [0.5, 0.6) is 17.2 Å². The van der Waals surface area contributed by atoms with Gasteiger partial charge in [-0.15, -0.1) is 0 Å². The maximum absolute atomic E-state index is 9.62. The molecule has 4 nitrogen and oxygen atoms in total. The first kappa shape index (κ1) is 17.7. The Balaban J connectivity index is 2.28. The van der Waals surface area contributed by atoms with Gasteiger partial charge in [-0.1, -0.05) is 25.1 Å². The highest BCUT2D eigenvalue weighted by Crippen LogP contribution is 2.31. The van der Waals surface area contributed by atoms with Crippen LogP contribution in [-0.4, -0.2) is 21.3 Å². The lowest BCUT2D eigenvalue weighted by Gasteiger charge is -2.15. The minimum atomic E-state index is -0.223. The van der Waals surface area contributed by atoms with E-state index in [9.17, 15) is 5.26 Å². The monoisotopic (exact) mass is 325 g/mol. The summed E-state index contributed by atoms with van der Waals surface area (Å²) in [5.41, 5.74) is 3.15. The van der Waals surface area contributed by atoms with E-state index in [1.54, 1.807) is 21.3 Å². The molecule has 1 atom stereocenters. The smallest absolute Gasteiger partial charge is 0.160 e. The lowest BCUT2D eigenvalue weighted by molar-refractivity contribution is 0.354. The molecule has 0 aliphatic heterocycles. The van der Waals surface area contributed by atoms with Crippen molar-refractivity contribution in [2.75, 3.05) is 21.3 Å². The topological polar surface area (TPSA) is 51.5 Å². The predicted molar refractivity (Wildman–Crippen MR) is 94.0 cm³/mol. The third kappa shape index (κ3) is 3.80. The first-order valence-electron chi connectivity index (χ1n) is 7.94. The van der Waals surface area contributed by atoms with Crippen LogP contribution in [0, 0.1) is 11.3 Å². The Morgan fingerprint density at radius 2 is 1.58 bits per heavy atom. The fraction of sp³-hybridized carbons (Fsp3) is 0.350. The zero-order chi connectivity index (χ0) is 17.5. The van der Waals surface area contributed by atoms with Gasteiger partial charge in [-0.05, 0) is 47.7 Å². The van der Waals surface area contributed by atoms with Gasteiger partial charge in [-0.2, -0.15) is 5.26 Å². The molecule has 0 saturated carbocycles. The van der Waals surface area contributed by atoms with E-state index in [1.165, 1.54) is 0 Å². The van der Waals surface area contributed by atoms with Crippen molar-refractivity contribution < 1.29 is 14.2 Å². The Bertz CT molecular complexity index is 734. The molecule has 0 saturated heterocycles. The SMILES string of the molecule is CCc1cc(C(C#N)Cc2ccc(OC)c(OC)c2)ccc1OC. The summed E-state index contributed by atoms with van der Waals surface area (Å²) >= 11 is 0. The summed E-state index contributed by atoms with van der Waals surface area (Å²) in [5.74, 6) is 2.01. The van der Waals surface area contributed by atoms with Crippen LogP contribution < -0.4 is 14.2 Å². The fourth-order valence-electron chi connectivity index (χ4n) is 2.77. The van der Waals surface area contributed by atoms with E-state index in [4.69, 9.17) is 14.2 Å². The largest absolute Gasteiger partial charge is 0.496 e. The Morgan fingerprint density at radius 1 is 0.917 bits per heavy atom. The van der Waals surface area contributed by atoms with E-state index in [-0.39, 0.29) is 5.92 Å². The van der Waals surface area contributed by atoms with Crippen LogP contribution in [0.1, 0.15) is 29.5 Å². The van der Waals surface area contributed by atoms with E-state index >= 15 is 0 Å². The van der Waals surface area contributed by atoms with Crippen LogP contribution in [0.25, 0.3) is 0 Å². The van der Waals surface area contributed by atoms with E-state index in [2.05, 4.69) is 19.1 Å². The highest BCUT2D eigenvalue weighted by atomic mass is 16.5. The van der Waals surface area contributed by atoms with Gasteiger partial charge >= 0.3 is 0 Å². The first-order chi connectivity index (χ1) is 11.7. The molecule has 2 rings (SSSR count). The van der Waals surface area contributed by atoms with Crippen molar-refractivity contribution in [2.24, 2.45) is 0 Å². The van der Waals surface area contributed by atoms with Gasteiger partial charge in [0.25, 0.3) is 0 Å². The number of methoxy groups -OCH3 is 3. The van der Waals surface area contributed by atoms with Gasteiger partial charge in [0.1, 0.15) is 5.75 Å². The number of rotatable bonds is 7. The third-order valence-corrected chi connectivity index (χ3v) is 4.13. The second-order valence-corrected chi connectivity index (χ2v) is 5.50. The molecular weight excluding hydrogens is 302 g/mol. The summed E-state index contributed by atoms with van der Waals surface area (Å²) in [6.45, 7) is 2.08. The molecule has 126 valence electrons. The van der Waals surface area contributed by atoms with Crippen molar-refractivity contribution in [2.45, 2.75) is 25.7 Å². The summed E-state index contributed by atoms with van der Waals surface area (Å²) in [5, 5.41) is 9.62. The number of aryl methyl sites for hydroxylation is 1. The molecule has 2 aromatic rings. The number of nitrogens with zero attached hydrogens (tertiary/aromatic N) is 1. The van der Waals surface area contributed by atoms with Crippen LogP contribution in [-0.2, 0) is 12.8 Å². The maximum Gasteiger partial charge on any atom is 0.160 e. The number of nitriles is 1. The van der Waals surface area contributed by atoms with Gasteiger partial charge in [0.15, 0.2) is 11.5 Å². The van der Waals surface area contributed by atoms with Crippen LogP contribution in [0.15, 0.2) is 36.4 Å². The zero-order valence-electron chi connectivity index (χ0n) is 14.6. The molecule has 0 heterocycles. The van der Waals surface area contributed by atoms with Crippen molar-refractivity contribution >= 4 is 0 Å². The minimum absolute atomic E-state index is 0.223. The molecular formula is C20H23NO3. The molecule has 0 aromatic heterocycles. The van der Waals surface area contributed by atoms with Crippen LogP contribution in [0.2, 0.25) is 0 Å². The standard InChI is InChI=1S/C20H23NO3/c1-5-15-12-16(7-9-18(15)22-2)17(13-21)10-14-6-8-19(23-3)20(11-14)24-4/h6-9,11-12,17H,5,10H2,1-4H3. The Kier molecular flexibility index (Phi) is 6.08. The quantitative estimate of drug-likeness (QED) is 0.768. The van der Waals surface area contributed by atoms with Crippen molar-refractivity contribution in [1.82, 2.24) is 0 Å². The van der Waals surface area contributed by atoms with E-state index in [0.29, 0.717) is 17.9 Å². The zero-order valence-corrected chi connectivity index (χ0v) is 14.6. The molecule has 0 fully saturated rings. The number of ether oxygens (including phenoxy) is 3. The van der Waals surface area contributed by atoms with Gasteiger partial charge in [-0.3, -0.25) is 0 Å². The molecule has 4 heteroatoms. The van der Waals surface area contributed by atoms with Gasteiger partial charge in [0.2, 0.25) is 0 Å². The lowest BCUT2D eigenvalue weighted by Crippen LogP contribution is -2.03. The predicted octanol–water partition coefficient (Wildman–Crippen LogP) is 4.12. The average Bonchev–Trinajstić information content (AvgIpc) is 2.65. The average molecular weight is 325 g/mol. The molecule has 0 bridgehead atoms. The van der Waals surface area contributed by atoms with E-state index in [1.807, 2.05) is 30.3 Å². The van der Waals surface area contributed by atoms with E-state index in [0.717, 1.165) is 28.9 Å². The third-order valence-electron chi connectivity index (χ3n) is 4.13. The molecule has 24 heavy (non-hydrogen) atoms. The van der Waals surface area contributed by atoms with Gasteiger partial charge in [-0.25, -0.2) is 0 Å². The summed E-state index contributed by atoms with van der Waals surface area (Å²) in [7, 11) is 4.89. The summed E-state index contributed by atoms with van der Waals surface area (Å²) in [4.78, 5) is 0. The number of benzene rings is 2. The molecule has 0 amide bonds. The highest BCUT2D eigenvalue weighted by Gasteiger charge is 2.15. The van der Waals surface area contributed by atoms with Crippen molar-refractivity contribution in [3.8, 4) is 23.3 Å². The van der Waals surface area contributed by atoms with Crippen LogP contribution >= 0.6 is 0 Å². The Morgan fingerprint density at radius 3 is 2.17 bits per heavy atom. The molecule has 0 spiro atoms. The Labute approximate surface area is 143 Å². The second-order valence-electron chi connectivity index (χ2n) is 5.50. The summed E-state index contributed by atoms with van der Waals surface area (Å²) in [6.07, 6.45) is 1.48. The molecule has 0 radical (unpaired) electrons. The number of hydrogen-bond donors (Lipinski definition) is 0. The molecule has 0 aliphatic rings. The summed E-state index contributed by atoms with van der Waals surface area (Å²) in [6, 6.07) is 14.1. The first-order valence-corrected chi connectivity index (χ1v) is 7.94. The molecule has 0 N–H and O–H groups in total. The second kappa shape index (κ2) is 8.26. The Hall–Kier alpha value is -2.67. The minimum Gasteiger partial charge on any atom is -0.496 e.